The van der Waals surface area contributed by atoms with E-state index in [-0.39, 0.29) is 35.0 Å². The molecule has 1 saturated heterocycles. The minimum absolute atomic E-state index is 0.0252. The van der Waals surface area contributed by atoms with Gasteiger partial charge in [0.15, 0.2) is 0 Å². The lowest BCUT2D eigenvalue weighted by Crippen LogP contribution is -2.50. The summed E-state index contributed by atoms with van der Waals surface area (Å²) in [5, 5.41) is 2.82. The second-order valence-electron chi connectivity index (χ2n) is 5.58. The van der Waals surface area contributed by atoms with Crippen molar-refractivity contribution < 1.29 is 9.59 Å². The number of piperazine rings is 1. The minimum atomic E-state index is -0.583. The molecule has 0 bridgehead atoms. The second-order valence-corrected chi connectivity index (χ2v) is 5.58. The fourth-order valence-corrected chi connectivity index (χ4v) is 2.71. The van der Waals surface area contributed by atoms with Gasteiger partial charge in [-0.25, -0.2) is 9.78 Å². The zero-order chi connectivity index (χ0) is 17.3. The van der Waals surface area contributed by atoms with Crippen LogP contribution in [0.1, 0.15) is 23.7 Å². The molecule has 0 atom stereocenters. The summed E-state index contributed by atoms with van der Waals surface area (Å²) >= 11 is 0. The Hall–Kier alpha value is -2.97. The fraction of sp³-hybridized carbons (Fsp3) is 0.400. The molecule has 0 saturated carbocycles. The summed E-state index contributed by atoms with van der Waals surface area (Å²) in [6.07, 6.45) is 2.04. The molecule has 0 unspecified atom stereocenters. The molecule has 3 heterocycles. The molecule has 0 spiro atoms. The third kappa shape index (κ3) is 2.80. The van der Waals surface area contributed by atoms with Crippen LogP contribution >= 0.6 is 0 Å². The standard InChI is InChI=1S/C15H17N5O4/c1-2-4-20-12-10(13(22)18-15(20)24)6-9(7-17-12)14(23)19-5-3-16-11(21)8-19/h6-7H,2-5,8H2,1H3,(H,16,21)(H,18,22,24). The molecule has 126 valence electrons. The highest BCUT2D eigenvalue weighted by Crippen LogP contribution is 2.11. The van der Waals surface area contributed by atoms with Crippen molar-refractivity contribution in [1.29, 1.82) is 0 Å². The predicted octanol–water partition coefficient (Wildman–Crippen LogP) is -0.933. The van der Waals surface area contributed by atoms with Crippen LogP contribution in [0, 0.1) is 0 Å². The van der Waals surface area contributed by atoms with Gasteiger partial charge in [0.25, 0.3) is 11.5 Å². The van der Waals surface area contributed by atoms with Crippen LogP contribution in [-0.4, -0.2) is 50.9 Å². The molecule has 0 radical (unpaired) electrons. The summed E-state index contributed by atoms with van der Waals surface area (Å²) < 4.78 is 1.37. The van der Waals surface area contributed by atoms with E-state index in [1.807, 2.05) is 6.92 Å². The highest BCUT2D eigenvalue weighted by molar-refractivity contribution is 5.98. The Bertz CT molecular complexity index is 930. The van der Waals surface area contributed by atoms with Gasteiger partial charge in [0.1, 0.15) is 5.65 Å². The maximum atomic E-state index is 12.5. The van der Waals surface area contributed by atoms with Crippen LogP contribution in [0.5, 0.6) is 0 Å². The Morgan fingerprint density at radius 2 is 2.12 bits per heavy atom. The topological polar surface area (TPSA) is 117 Å². The normalized spacial score (nSPS) is 14.7. The van der Waals surface area contributed by atoms with E-state index in [4.69, 9.17) is 0 Å². The number of nitrogens with zero attached hydrogens (tertiary/aromatic N) is 3. The molecule has 0 aromatic carbocycles. The van der Waals surface area contributed by atoms with Gasteiger partial charge in [-0.1, -0.05) is 6.92 Å². The van der Waals surface area contributed by atoms with E-state index in [1.165, 1.54) is 21.7 Å². The average molecular weight is 331 g/mol. The first-order valence-corrected chi connectivity index (χ1v) is 7.70. The summed E-state index contributed by atoms with van der Waals surface area (Å²) in [7, 11) is 0. The molecule has 0 aliphatic carbocycles. The number of nitrogens with one attached hydrogen (secondary N) is 2. The van der Waals surface area contributed by atoms with E-state index in [1.54, 1.807) is 0 Å². The lowest BCUT2D eigenvalue weighted by molar-refractivity contribution is -0.123. The lowest BCUT2D eigenvalue weighted by Gasteiger charge is -2.26. The van der Waals surface area contributed by atoms with E-state index in [0.717, 1.165) is 0 Å². The molecule has 2 aromatic heterocycles. The maximum Gasteiger partial charge on any atom is 0.329 e. The van der Waals surface area contributed by atoms with Crippen molar-refractivity contribution in [1.82, 2.24) is 24.8 Å². The summed E-state index contributed by atoms with van der Waals surface area (Å²) in [4.78, 5) is 55.7. The van der Waals surface area contributed by atoms with Crippen molar-refractivity contribution in [2.24, 2.45) is 0 Å². The molecule has 2 aromatic rings. The number of hydrogen-bond donors (Lipinski definition) is 2. The molecule has 9 nitrogen and oxygen atoms in total. The SMILES string of the molecule is CCCn1c(=O)[nH]c(=O)c2cc(C(=O)N3CCNC(=O)C3)cnc21. The Kier molecular flexibility index (Phi) is 4.15. The Morgan fingerprint density at radius 3 is 2.83 bits per heavy atom. The van der Waals surface area contributed by atoms with E-state index in [9.17, 15) is 19.2 Å². The second kappa shape index (κ2) is 6.26. The Balaban J connectivity index is 2.05. The van der Waals surface area contributed by atoms with Gasteiger partial charge in [-0.15, -0.1) is 0 Å². The summed E-state index contributed by atoms with van der Waals surface area (Å²) in [6.45, 7) is 3.08. The highest BCUT2D eigenvalue weighted by Gasteiger charge is 2.23. The van der Waals surface area contributed by atoms with E-state index >= 15 is 0 Å². The fourth-order valence-electron chi connectivity index (χ4n) is 2.71. The number of amides is 2. The summed E-state index contributed by atoms with van der Waals surface area (Å²) in [5.41, 5.74) is -0.641. The van der Waals surface area contributed by atoms with Crippen molar-refractivity contribution >= 4 is 22.8 Å². The third-order valence-corrected chi connectivity index (χ3v) is 3.85. The molecule has 2 amide bonds. The molecular weight excluding hydrogens is 314 g/mol. The number of fused-ring (bicyclic) bond motifs is 1. The van der Waals surface area contributed by atoms with Crippen LogP contribution in [0.25, 0.3) is 11.0 Å². The molecule has 2 N–H and O–H groups in total. The van der Waals surface area contributed by atoms with Gasteiger partial charge in [0, 0.05) is 25.8 Å². The van der Waals surface area contributed by atoms with Crippen molar-refractivity contribution in [3.8, 4) is 0 Å². The average Bonchev–Trinajstić information content (AvgIpc) is 2.57. The van der Waals surface area contributed by atoms with Crippen LogP contribution in [0.4, 0.5) is 0 Å². The van der Waals surface area contributed by atoms with Crippen molar-refractivity contribution in [2.75, 3.05) is 19.6 Å². The number of hydrogen-bond acceptors (Lipinski definition) is 5. The number of aryl methyl sites for hydroxylation is 1. The van der Waals surface area contributed by atoms with Crippen LogP contribution < -0.4 is 16.6 Å². The Labute approximate surface area is 136 Å². The summed E-state index contributed by atoms with van der Waals surface area (Å²) in [5.74, 6) is -0.593. The lowest BCUT2D eigenvalue weighted by atomic mass is 10.2. The van der Waals surface area contributed by atoms with Crippen LogP contribution in [0.2, 0.25) is 0 Å². The third-order valence-electron chi connectivity index (χ3n) is 3.85. The van der Waals surface area contributed by atoms with Gasteiger partial charge in [-0.3, -0.25) is 23.9 Å². The monoisotopic (exact) mass is 331 g/mol. The quantitative estimate of drug-likeness (QED) is 0.753. The number of aromatic amines is 1. The number of carbonyl (C=O) groups is 2. The molecule has 24 heavy (non-hydrogen) atoms. The van der Waals surface area contributed by atoms with Crippen LogP contribution in [-0.2, 0) is 11.3 Å². The number of aromatic nitrogens is 3. The van der Waals surface area contributed by atoms with Gasteiger partial charge in [0.2, 0.25) is 5.91 Å². The summed E-state index contributed by atoms with van der Waals surface area (Å²) in [6, 6.07) is 1.42. The van der Waals surface area contributed by atoms with Gasteiger partial charge >= 0.3 is 5.69 Å². The molecule has 9 heteroatoms. The Morgan fingerprint density at radius 1 is 1.33 bits per heavy atom. The van der Waals surface area contributed by atoms with E-state index in [0.29, 0.717) is 26.1 Å². The zero-order valence-corrected chi connectivity index (χ0v) is 13.2. The van der Waals surface area contributed by atoms with Gasteiger partial charge in [-0.2, -0.15) is 0 Å². The smallest absolute Gasteiger partial charge is 0.329 e. The zero-order valence-electron chi connectivity index (χ0n) is 13.2. The predicted molar refractivity (Wildman–Crippen MR) is 85.8 cm³/mol. The molecule has 3 rings (SSSR count). The first-order chi connectivity index (χ1) is 11.5. The molecule has 1 aliphatic heterocycles. The van der Waals surface area contributed by atoms with Crippen LogP contribution in [0.15, 0.2) is 21.9 Å². The highest BCUT2D eigenvalue weighted by atomic mass is 16.2. The van der Waals surface area contributed by atoms with Gasteiger partial charge in [0.05, 0.1) is 17.5 Å². The minimum Gasteiger partial charge on any atom is -0.353 e. The first-order valence-electron chi connectivity index (χ1n) is 7.70. The van der Waals surface area contributed by atoms with Gasteiger partial charge in [-0.05, 0) is 12.5 Å². The molecule has 1 aliphatic rings. The number of pyridine rings is 1. The largest absolute Gasteiger partial charge is 0.353 e. The van der Waals surface area contributed by atoms with Crippen molar-refractivity contribution in [2.45, 2.75) is 19.9 Å². The van der Waals surface area contributed by atoms with Gasteiger partial charge < -0.3 is 10.2 Å². The number of carbonyl (C=O) groups excluding carboxylic acids is 2. The van der Waals surface area contributed by atoms with Crippen molar-refractivity contribution in [3.63, 3.8) is 0 Å². The van der Waals surface area contributed by atoms with E-state index in [2.05, 4.69) is 15.3 Å². The van der Waals surface area contributed by atoms with E-state index < -0.39 is 11.2 Å². The molecular formula is C15H17N5O4. The van der Waals surface area contributed by atoms with Crippen LogP contribution in [0.3, 0.4) is 0 Å². The number of H-pyrrole nitrogens is 1. The number of rotatable bonds is 3. The molecule has 1 fully saturated rings. The van der Waals surface area contributed by atoms with Crippen molar-refractivity contribution in [3.05, 3.63) is 38.7 Å². The first kappa shape index (κ1) is 15.9. The maximum absolute atomic E-state index is 12.5.